The molecule has 0 saturated heterocycles. The van der Waals surface area contributed by atoms with Crippen LogP contribution < -0.4 is 5.32 Å². The summed E-state index contributed by atoms with van der Waals surface area (Å²) in [7, 11) is 0. The van der Waals surface area contributed by atoms with Gasteiger partial charge in [0.2, 0.25) is 0 Å². The van der Waals surface area contributed by atoms with Crippen LogP contribution in [-0.4, -0.2) is 19.3 Å². The van der Waals surface area contributed by atoms with Crippen molar-refractivity contribution in [1.29, 1.82) is 0 Å². The maximum Gasteiger partial charge on any atom is 0.390 e. The van der Waals surface area contributed by atoms with E-state index in [9.17, 15) is 22.0 Å². The smallest absolute Gasteiger partial charge is 0.311 e. The predicted octanol–water partition coefficient (Wildman–Crippen LogP) is 3.32. The van der Waals surface area contributed by atoms with Crippen molar-refractivity contribution >= 4 is 0 Å². The maximum absolute atomic E-state index is 13.4. The monoisotopic (exact) mass is 253 g/mol. The van der Waals surface area contributed by atoms with E-state index in [1.165, 1.54) is 24.3 Å². The van der Waals surface area contributed by atoms with Crippen molar-refractivity contribution in [3.8, 4) is 0 Å². The highest BCUT2D eigenvalue weighted by molar-refractivity contribution is 5.20. The Labute approximate surface area is 95.6 Å². The van der Waals surface area contributed by atoms with E-state index >= 15 is 0 Å². The third kappa shape index (κ3) is 5.12. The first kappa shape index (κ1) is 13.9. The molecule has 1 nitrogen and oxygen atoms in total. The lowest BCUT2D eigenvalue weighted by Gasteiger charge is -2.17. The summed E-state index contributed by atoms with van der Waals surface area (Å²) < 4.78 is 62.2. The van der Waals surface area contributed by atoms with Crippen molar-refractivity contribution < 1.29 is 22.0 Å². The Bertz CT molecular complexity index is 333. The molecule has 1 aromatic carbocycles. The number of benzene rings is 1. The number of hydrogen-bond acceptors (Lipinski definition) is 1. The molecule has 0 amide bonds. The summed E-state index contributed by atoms with van der Waals surface area (Å²) in [6, 6.07) is 6.99. The van der Waals surface area contributed by atoms with Crippen molar-refractivity contribution in [3.63, 3.8) is 0 Å². The van der Waals surface area contributed by atoms with Gasteiger partial charge in [-0.1, -0.05) is 30.3 Å². The molecule has 1 N–H and O–H groups in total. The van der Waals surface area contributed by atoms with Crippen LogP contribution >= 0.6 is 0 Å². The molecule has 6 heteroatoms. The van der Waals surface area contributed by atoms with Crippen molar-refractivity contribution in [2.24, 2.45) is 0 Å². The molecule has 0 unspecified atom stereocenters. The van der Waals surface area contributed by atoms with Crippen LogP contribution in [0.15, 0.2) is 30.3 Å². The van der Waals surface area contributed by atoms with Gasteiger partial charge < -0.3 is 5.32 Å². The fraction of sp³-hybridized carbons (Fsp3) is 0.455. The average molecular weight is 253 g/mol. The zero-order valence-electron chi connectivity index (χ0n) is 8.90. The second-order valence-electron chi connectivity index (χ2n) is 3.61. The molecule has 0 radical (unpaired) electrons. The van der Waals surface area contributed by atoms with Gasteiger partial charge in [0.25, 0.3) is 5.92 Å². The molecule has 0 fully saturated rings. The minimum atomic E-state index is -4.32. The van der Waals surface area contributed by atoms with Gasteiger partial charge in [-0.15, -0.1) is 0 Å². The van der Waals surface area contributed by atoms with Gasteiger partial charge in [0, 0.05) is 12.1 Å². The topological polar surface area (TPSA) is 12.0 Å². The summed E-state index contributed by atoms with van der Waals surface area (Å²) in [5.41, 5.74) is -0.209. The zero-order chi connectivity index (χ0) is 12.9. The van der Waals surface area contributed by atoms with Crippen molar-refractivity contribution in [2.75, 3.05) is 13.1 Å². The van der Waals surface area contributed by atoms with Crippen molar-refractivity contribution in [1.82, 2.24) is 5.32 Å². The number of halogens is 5. The molecule has 0 bridgehead atoms. The highest BCUT2D eigenvalue weighted by atomic mass is 19.4. The number of nitrogens with one attached hydrogen (secondary N) is 1. The lowest BCUT2D eigenvalue weighted by molar-refractivity contribution is -0.134. The van der Waals surface area contributed by atoms with Gasteiger partial charge in [-0.25, -0.2) is 0 Å². The Morgan fingerprint density at radius 1 is 0.941 bits per heavy atom. The van der Waals surface area contributed by atoms with Gasteiger partial charge in [0.15, 0.2) is 0 Å². The summed E-state index contributed by atoms with van der Waals surface area (Å²) in [4.78, 5) is 0. The Morgan fingerprint density at radius 3 is 2.06 bits per heavy atom. The van der Waals surface area contributed by atoms with Gasteiger partial charge in [-0.05, 0) is 0 Å². The first-order valence-corrected chi connectivity index (χ1v) is 5.02. The molecular weight excluding hydrogens is 241 g/mol. The molecule has 1 rings (SSSR count). The number of hydrogen-bond donors (Lipinski definition) is 1. The van der Waals surface area contributed by atoms with Crippen LogP contribution in [0.1, 0.15) is 12.0 Å². The van der Waals surface area contributed by atoms with Gasteiger partial charge in [-0.3, -0.25) is 0 Å². The quantitative estimate of drug-likeness (QED) is 0.627. The molecular formula is C11H12F5N. The van der Waals surface area contributed by atoms with Gasteiger partial charge in [0.1, 0.15) is 0 Å². The Balaban J connectivity index is 2.41. The molecule has 0 aromatic heterocycles. The lowest BCUT2D eigenvalue weighted by atomic mass is 10.1. The van der Waals surface area contributed by atoms with E-state index in [1.54, 1.807) is 6.07 Å². The summed E-state index contributed by atoms with van der Waals surface area (Å²) >= 11 is 0. The molecule has 0 aliphatic rings. The van der Waals surface area contributed by atoms with Crippen LogP contribution in [0.4, 0.5) is 22.0 Å². The molecule has 0 aliphatic carbocycles. The van der Waals surface area contributed by atoms with E-state index in [0.29, 0.717) is 0 Å². The lowest BCUT2D eigenvalue weighted by Crippen LogP contribution is -2.32. The highest BCUT2D eigenvalue weighted by Crippen LogP contribution is 2.26. The van der Waals surface area contributed by atoms with E-state index < -0.39 is 31.6 Å². The van der Waals surface area contributed by atoms with E-state index in [2.05, 4.69) is 5.32 Å². The first-order valence-electron chi connectivity index (χ1n) is 5.02. The SMILES string of the molecule is FC(F)(F)CCNCC(F)(F)c1ccccc1. The third-order valence-electron chi connectivity index (χ3n) is 2.13. The zero-order valence-corrected chi connectivity index (χ0v) is 8.90. The van der Waals surface area contributed by atoms with Crippen LogP contribution in [0.3, 0.4) is 0 Å². The Hall–Kier alpha value is -1.17. The number of rotatable bonds is 5. The minimum Gasteiger partial charge on any atom is -0.311 e. The van der Waals surface area contributed by atoms with E-state index in [-0.39, 0.29) is 5.56 Å². The van der Waals surface area contributed by atoms with Crippen molar-refractivity contribution in [3.05, 3.63) is 35.9 Å². The Morgan fingerprint density at radius 2 is 1.53 bits per heavy atom. The summed E-state index contributed by atoms with van der Waals surface area (Å²) in [6.07, 6.45) is -5.44. The summed E-state index contributed by atoms with van der Waals surface area (Å²) in [5.74, 6) is -3.16. The molecule has 17 heavy (non-hydrogen) atoms. The second-order valence-corrected chi connectivity index (χ2v) is 3.61. The standard InChI is InChI=1S/C11H12F5N/c12-10(13,9-4-2-1-3-5-9)8-17-7-6-11(14,15)16/h1-5,17H,6-8H2. The molecule has 0 heterocycles. The largest absolute Gasteiger partial charge is 0.390 e. The van der Waals surface area contributed by atoms with Crippen LogP contribution in [-0.2, 0) is 5.92 Å². The average Bonchev–Trinajstić information content (AvgIpc) is 2.25. The normalized spacial score (nSPS) is 12.8. The van der Waals surface area contributed by atoms with Crippen LogP contribution in [0, 0.1) is 0 Å². The number of alkyl halides is 5. The predicted molar refractivity (Wildman–Crippen MR) is 53.9 cm³/mol. The van der Waals surface area contributed by atoms with E-state index in [1.807, 2.05) is 0 Å². The first-order chi connectivity index (χ1) is 7.81. The third-order valence-corrected chi connectivity index (χ3v) is 2.13. The van der Waals surface area contributed by atoms with Crippen LogP contribution in [0.5, 0.6) is 0 Å². The van der Waals surface area contributed by atoms with Gasteiger partial charge >= 0.3 is 6.18 Å². The molecule has 0 spiro atoms. The minimum absolute atomic E-state index is 0.209. The van der Waals surface area contributed by atoms with Gasteiger partial charge in [-0.2, -0.15) is 22.0 Å². The van der Waals surface area contributed by atoms with Crippen LogP contribution in [0.25, 0.3) is 0 Å². The second kappa shape index (κ2) is 5.44. The summed E-state index contributed by atoms with van der Waals surface area (Å²) in [5, 5.41) is 2.11. The van der Waals surface area contributed by atoms with E-state index in [4.69, 9.17) is 0 Å². The fourth-order valence-corrected chi connectivity index (χ4v) is 1.26. The molecule has 0 aliphatic heterocycles. The maximum atomic E-state index is 13.4. The Kier molecular flexibility index (Phi) is 4.45. The van der Waals surface area contributed by atoms with Crippen molar-refractivity contribution in [2.45, 2.75) is 18.5 Å². The summed E-state index contributed by atoms with van der Waals surface area (Å²) in [6.45, 7) is -1.31. The molecule has 0 saturated carbocycles. The fourth-order valence-electron chi connectivity index (χ4n) is 1.26. The molecule has 1 aromatic rings. The molecule has 0 atom stereocenters. The highest BCUT2D eigenvalue weighted by Gasteiger charge is 2.32. The van der Waals surface area contributed by atoms with Gasteiger partial charge in [0.05, 0.1) is 13.0 Å². The van der Waals surface area contributed by atoms with Crippen LogP contribution in [0.2, 0.25) is 0 Å². The van der Waals surface area contributed by atoms with E-state index in [0.717, 1.165) is 0 Å². The molecule has 96 valence electrons.